The third-order valence-electron chi connectivity index (χ3n) is 6.44. The second-order valence-electron chi connectivity index (χ2n) is 8.52. The first-order valence-electron chi connectivity index (χ1n) is 11.3. The second-order valence-corrected chi connectivity index (χ2v) is 8.93. The Balaban J connectivity index is 1.36. The number of methoxy groups -OCH3 is 2. The molecule has 34 heavy (non-hydrogen) atoms. The van der Waals surface area contributed by atoms with E-state index in [1.54, 1.807) is 21.9 Å². The molecule has 180 valence electrons. The zero-order valence-corrected chi connectivity index (χ0v) is 20.0. The van der Waals surface area contributed by atoms with Gasteiger partial charge in [0.15, 0.2) is 0 Å². The fourth-order valence-electron chi connectivity index (χ4n) is 4.55. The Hall–Kier alpha value is -3.26. The molecular weight excluding hydrogens is 458 g/mol. The monoisotopic (exact) mass is 485 g/mol. The lowest BCUT2D eigenvalue weighted by molar-refractivity contribution is -0.138. The number of likely N-dealkylation sites (tertiary alicyclic amines) is 1. The third-order valence-corrected chi connectivity index (χ3v) is 6.73. The minimum Gasteiger partial charge on any atom is -0.495 e. The molecular formula is C25H28ClN3O5. The quantitative estimate of drug-likeness (QED) is 0.675. The van der Waals surface area contributed by atoms with Gasteiger partial charge >= 0.3 is 0 Å². The van der Waals surface area contributed by atoms with Gasteiger partial charge < -0.3 is 24.6 Å². The summed E-state index contributed by atoms with van der Waals surface area (Å²) < 4.78 is 10.7. The molecule has 0 unspecified atom stereocenters. The number of para-hydroxylation sites is 1. The molecule has 2 fully saturated rings. The summed E-state index contributed by atoms with van der Waals surface area (Å²) in [4.78, 5) is 41.9. The Morgan fingerprint density at radius 2 is 1.68 bits per heavy atom. The molecule has 1 atom stereocenters. The number of carbonyl (C=O) groups excluding carboxylic acids is 3. The first-order valence-corrected chi connectivity index (χ1v) is 11.7. The molecule has 0 aromatic heterocycles. The number of halogens is 1. The lowest BCUT2D eigenvalue weighted by Crippen LogP contribution is -2.44. The standard InChI is InChI=1S/C25H28ClN3O5/c1-33-21-14-22(34-2)20(13-19(21)26)29-15-17(12-23(29)30)25(32)28-10-8-16(9-11-28)24(31)27-18-6-4-3-5-7-18/h3-7,13-14,16-17H,8-12,15H2,1-2H3,(H,27,31)/t17-/m1/s1. The molecule has 3 amide bonds. The smallest absolute Gasteiger partial charge is 0.228 e. The number of nitrogens with zero attached hydrogens (tertiary/aromatic N) is 2. The van der Waals surface area contributed by atoms with E-state index < -0.39 is 5.92 Å². The zero-order valence-electron chi connectivity index (χ0n) is 19.3. The van der Waals surface area contributed by atoms with E-state index in [1.165, 1.54) is 14.2 Å². The van der Waals surface area contributed by atoms with Gasteiger partial charge in [-0.15, -0.1) is 0 Å². The van der Waals surface area contributed by atoms with Crippen LogP contribution in [0, 0.1) is 11.8 Å². The maximum Gasteiger partial charge on any atom is 0.228 e. The van der Waals surface area contributed by atoms with Crippen LogP contribution in [-0.4, -0.2) is 56.5 Å². The van der Waals surface area contributed by atoms with E-state index in [1.807, 2.05) is 30.3 Å². The van der Waals surface area contributed by atoms with Gasteiger partial charge in [-0.05, 0) is 31.0 Å². The highest BCUT2D eigenvalue weighted by Gasteiger charge is 2.39. The molecule has 2 aliphatic rings. The van der Waals surface area contributed by atoms with Gasteiger partial charge in [-0.25, -0.2) is 0 Å². The van der Waals surface area contributed by atoms with Gasteiger partial charge in [-0.2, -0.15) is 0 Å². The predicted molar refractivity (Wildman–Crippen MR) is 129 cm³/mol. The van der Waals surface area contributed by atoms with Crippen molar-refractivity contribution in [1.82, 2.24) is 4.90 Å². The van der Waals surface area contributed by atoms with Gasteiger partial charge in [-0.1, -0.05) is 29.8 Å². The molecule has 2 aromatic rings. The van der Waals surface area contributed by atoms with Gasteiger partial charge in [0, 0.05) is 43.7 Å². The van der Waals surface area contributed by atoms with Crippen LogP contribution in [0.25, 0.3) is 0 Å². The summed E-state index contributed by atoms with van der Waals surface area (Å²) in [7, 11) is 3.01. The van der Waals surface area contributed by atoms with Crippen LogP contribution in [-0.2, 0) is 14.4 Å². The number of hydrogen-bond donors (Lipinski definition) is 1. The van der Waals surface area contributed by atoms with Crippen molar-refractivity contribution in [2.45, 2.75) is 19.3 Å². The highest BCUT2D eigenvalue weighted by Crippen LogP contribution is 2.40. The molecule has 2 aromatic carbocycles. The Bertz CT molecular complexity index is 1070. The predicted octanol–water partition coefficient (Wildman–Crippen LogP) is 3.59. The van der Waals surface area contributed by atoms with Crippen LogP contribution in [0.15, 0.2) is 42.5 Å². The SMILES string of the molecule is COc1cc(OC)c(N2C[C@H](C(=O)N3CCC(C(=O)Nc4ccccc4)CC3)CC2=O)cc1Cl. The average molecular weight is 486 g/mol. The van der Waals surface area contributed by atoms with E-state index in [0.717, 1.165) is 5.69 Å². The average Bonchev–Trinajstić information content (AvgIpc) is 3.25. The van der Waals surface area contributed by atoms with E-state index in [-0.39, 0.29) is 36.6 Å². The molecule has 0 radical (unpaired) electrons. The van der Waals surface area contributed by atoms with Crippen molar-refractivity contribution < 1.29 is 23.9 Å². The van der Waals surface area contributed by atoms with Crippen molar-refractivity contribution in [2.75, 3.05) is 44.1 Å². The molecule has 0 aliphatic carbocycles. The zero-order chi connectivity index (χ0) is 24.2. The van der Waals surface area contributed by atoms with Gasteiger partial charge in [-0.3, -0.25) is 14.4 Å². The van der Waals surface area contributed by atoms with E-state index >= 15 is 0 Å². The molecule has 4 rings (SSSR count). The van der Waals surface area contributed by atoms with Crippen LogP contribution >= 0.6 is 11.6 Å². The normalized spacial score (nSPS) is 18.7. The third kappa shape index (κ3) is 4.97. The summed E-state index contributed by atoms with van der Waals surface area (Å²) in [6.45, 7) is 1.24. The Morgan fingerprint density at radius 3 is 2.32 bits per heavy atom. The molecule has 0 bridgehead atoms. The summed E-state index contributed by atoms with van der Waals surface area (Å²) >= 11 is 6.27. The van der Waals surface area contributed by atoms with Crippen LogP contribution in [0.1, 0.15) is 19.3 Å². The van der Waals surface area contributed by atoms with Crippen molar-refractivity contribution in [1.29, 1.82) is 0 Å². The van der Waals surface area contributed by atoms with Crippen molar-refractivity contribution in [2.24, 2.45) is 11.8 Å². The summed E-state index contributed by atoms with van der Waals surface area (Å²) in [6, 6.07) is 12.6. The molecule has 0 saturated carbocycles. The summed E-state index contributed by atoms with van der Waals surface area (Å²) in [5.41, 5.74) is 1.29. The number of amides is 3. The Morgan fingerprint density at radius 1 is 1.00 bits per heavy atom. The maximum absolute atomic E-state index is 13.2. The van der Waals surface area contributed by atoms with Crippen molar-refractivity contribution in [3.63, 3.8) is 0 Å². The van der Waals surface area contributed by atoms with E-state index in [2.05, 4.69) is 5.32 Å². The topological polar surface area (TPSA) is 88.2 Å². The number of benzene rings is 2. The highest BCUT2D eigenvalue weighted by molar-refractivity contribution is 6.32. The lowest BCUT2D eigenvalue weighted by Gasteiger charge is -2.33. The number of carbonyl (C=O) groups is 3. The van der Waals surface area contributed by atoms with E-state index in [4.69, 9.17) is 21.1 Å². The Kier molecular flexibility index (Phi) is 7.26. The number of ether oxygens (including phenoxy) is 2. The fourth-order valence-corrected chi connectivity index (χ4v) is 4.78. The second kappa shape index (κ2) is 10.3. The molecule has 9 heteroatoms. The lowest BCUT2D eigenvalue weighted by atomic mass is 9.94. The highest BCUT2D eigenvalue weighted by atomic mass is 35.5. The Labute approximate surface area is 203 Å². The molecule has 8 nitrogen and oxygen atoms in total. The molecule has 1 N–H and O–H groups in total. The number of hydrogen-bond acceptors (Lipinski definition) is 5. The largest absolute Gasteiger partial charge is 0.495 e. The van der Waals surface area contributed by atoms with Gasteiger partial charge in [0.05, 0.1) is 30.8 Å². The number of nitrogens with one attached hydrogen (secondary N) is 1. The number of rotatable bonds is 6. The van der Waals surface area contributed by atoms with Crippen molar-refractivity contribution >= 4 is 40.7 Å². The van der Waals surface area contributed by atoms with Crippen LogP contribution in [0.2, 0.25) is 5.02 Å². The minimum absolute atomic E-state index is 0.0241. The molecule has 2 saturated heterocycles. The number of piperidine rings is 1. The maximum atomic E-state index is 13.2. The minimum atomic E-state index is -0.451. The van der Waals surface area contributed by atoms with Gasteiger partial charge in [0.1, 0.15) is 11.5 Å². The van der Waals surface area contributed by atoms with Crippen LogP contribution in [0.4, 0.5) is 11.4 Å². The number of anilines is 2. The van der Waals surface area contributed by atoms with Crippen LogP contribution in [0.5, 0.6) is 11.5 Å². The summed E-state index contributed by atoms with van der Waals surface area (Å²) in [5.74, 6) is 0.0634. The summed E-state index contributed by atoms with van der Waals surface area (Å²) in [5, 5.41) is 3.30. The fraction of sp³-hybridized carbons (Fsp3) is 0.400. The van der Waals surface area contributed by atoms with Crippen molar-refractivity contribution in [3.8, 4) is 11.5 Å². The summed E-state index contributed by atoms with van der Waals surface area (Å²) in [6.07, 6.45) is 1.31. The molecule has 2 heterocycles. The first kappa shape index (κ1) is 23.9. The van der Waals surface area contributed by atoms with Crippen LogP contribution in [0.3, 0.4) is 0 Å². The van der Waals surface area contributed by atoms with Crippen molar-refractivity contribution in [3.05, 3.63) is 47.5 Å². The van der Waals surface area contributed by atoms with Gasteiger partial charge in [0.2, 0.25) is 17.7 Å². The van der Waals surface area contributed by atoms with E-state index in [9.17, 15) is 14.4 Å². The van der Waals surface area contributed by atoms with E-state index in [0.29, 0.717) is 48.1 Å². The van der Waals surface area contributed by atoms with Gasteiger partial charge in [0.25, 0.3) is 0 Å². The molecule has 0 spiro atoms. The first-order chi connectivity index (χ1) is 16.4. The molecule has 2 aliphatic heterocycles. The van der Waals surface area contributed by atoms with Crippen LogP contribution < -0.4 is 19.7 Å².